The lowest BCUT2D eigenvalue weighted by Crippen LogP contribution is -2.29. The molecule has 1 aliphatic heterocycles. The smallest absolute Gasteiger partial charge is 0.257 e. The van der Waals surface area contributed by atoms with Crippen molar-refractivity contribution >= 4 is 5.91 Å². The van der Waals surface area contributed by atoms with Gasteiger partial charge < -0.3 is 10.1 Å². The molecule has 1 amide bonds. The Labute approximate surface area is 149 Å². The Morgan fingerprint density at radius 1 is 1.12 bits per heavy atom. The summed E-state index contributed by atoms with van der Waals surface area (Å²) in [5.41, 5.74) is 2.86. The van der Waals surface area contributed by atoms with Crippen molar-refractivity contribution in [2.75, 3.05) is 20.2 Å². The molecule has 2 aromatic rings. The molecule has 1 aliphatic rings. The minimum Gasteiger partial charge on any atom is -0.480 e. The van der Waals surface area contributed by atoms with E-state index in [0.29, 0.717) is 18.0 Å². The lowest BCUT2D eigenvalue weighted by Gasteiger charge is -2.26. The summed E-state index contributed by atoms with van der Waals surface area (Å²) >= 11 is 0. The highest BCUT2D eigenvalue weighted by atomic mass is 16.5. The van der Waals surface area contributed by atoms with Gasteiger partial charge in [0.15, 0.2) is 0 Å². The monoisotopic (exact) mass is 339 g/mol. The molecule has 0 spiro atoms. The summed E-state index contributed by atoms with van der Waals surface area (Å²) in [4.78, 5) is 18.9. The van der Waals surface area contributed by atoms with Crippen LogP contribution in [0.25, 0.3) is 0 Å². The number of ether oxygens (including phenoxy) is 1. The largest absolute Gasteiger partial charge is 0.480 e. The van der Waals surface area contributed by atoms with Gasteiger partial charge in [-0.05, 0) is 49.2 Å². The molecule has 5 heteroatoms. The fourth-order valence-electron chi connectivity index (χ4n) is 3.14. The zero-order valence-corrected chi connectivity index (χ0v) is 14.7. The van der Waals surface area contributed by atoms with Crippen molar-refractivity contribution in [3.8, 4) is 5.88 Å². The Morgan fingerprint density at radius 2 is 1.84 bits per heavy atom. The maximum Gasteiger partial charge on any atom is 0.257 e. The summed E-state index contributed by atoms with van der Waals surface area (Å²) in [7, 11) is 1.51. The highest BCUT2D eigenvalue weighted by molar-refractivity contribution is 5.96. The third kappa shape index (κ3) is 4.79. The number of nitrogens with zero attached hydrogens (tertiary/aromatic N) is 2. The topological polar surface area (TPSA) is 54.5 Å². The van der Waals surface area contributed by atoms with Crippen LogP contribution in [0.5, 0.6) is 5.88 Å². The molecule has 1 aromatic heterocycles. The molecular weight excluding hydrogens is 314 g/mol. The maximum absolute atomic E-state index is 12.3. The number of piperidine rings is 1. The fourth-order valence-corrected chi connectivity index (χ4v) is 3.14. The average Bonchev–Trinajstić information content (AvgIpc) is 2.68. The van der Waals surface area contributed by atoms with E-state index >= 15 is 0 Å². The molecule has 0 radical (unpaired) electrons. The summed E-state index contributed by atoms with van der Waals surface area (Å²) in [6.07, 6.45) is 5.58. The average molecular weight is 339 g/mol. The number of likely N-dealkylation sites (tertiary alicyclic amines) is 1. The maximum atomic E-state index is 12.3. The third-order valence-corrected chi connectivity index (χ3v) is 4.54. The first-order valence-corrected chi connectivity index (χ1v) is 8.83. The predicted molar refractivity (Wildman–Crippen MR) is 97.5 cm³/mol. The molecule has 1 saturated heterocycles. The van der Waals surface area contributed by atoms with E-state index in [-0.39, 0.29) is 5.91 Å². The van der Waals surface area contributed by atoms with Gasteiger partial charge in [0.05, 0.1) is 7.11 Å². The highest BCUT2D eigenvalue weighted by Crippen LogP contribution is 2.15. The van der Waals surface area contributed by atoms with Gasteiger partial charge in [-0.1, -0.05) is 30.7 Å². The Bertz CT molecular complexity index is 694. The number of amides is 1. The number of carbonyl (C=O) groups excluding carboxylic acids is 1. The van der Waals surface area contributed by atoms with Crippen LogP contribution >= 0.6 is 0 Å². The molecule has 0 unspecified atom stereocenters. The van der Waals surface area contributed by atoms with E-state index in [0.717, 1.165) is 12.1 Å². The summed E-state index contributed by atoms with van der Waals surface area (Å²) in [6.45, 7) is 3.90. The molecule has 1 aromatic carbocycles. The number of methoxy groups -OCH3 is 1. The minimum atomic E-state index is -0.178. The molecule has 1 N–H and O–H groups in total. The normalized spacial score (nSPS) is 14.9. The first kappa shape index (κ1) is 17.4. The molecule has 1 fully saturated rings. The zero-order chi connectivity index (χ0) is 17.5. The Morgan fingerprint density at radius 3 is 2.56 bits per heavy atom. The zero-order valence-electron chi connectivity index (χ0n) is 14.7. The molecule has 2 heterocycles. The van der Waals surface area contributed by atoms with E-state index in [1.807, 2.05) is 0 Å². The molecule has 3 rings (SSSR count). The van der Waals surface area contributed by atoms with Gasteiger partial charge in [-0.3, -0.25) is 9.69 Å². The molecule has 5 nitrogen and oxygen atoms in total. The van der Waals surface area contributed by atoms with Crippen LogP contribution in [0.3, 0.4) is 0 Å². The van der Waals surface area contributed by atoms with Gasteiger partial charge in [-0.25, -0.2) is 4.98 Å². The van der Waals surface area contributed by atoms with Crippen molar-refractivity contribution in [3.63, 3.8) is 0 Å². The molecule has 0 atom stereocenters. The van der Waals surface area contributed by atoms with Crippen molar-refractivity contribution in [1.82, 2.24) is 15.2 Å². The first-order valence-electron chi connectivity index (χ1n) is 8.83. The first-order chi connectivity index (χ1) is 12.3. The number of hydrogen-bond donors (Lipinski definition) is 1. The van der Waals surface area contributed by atoms with Gasteiger partial charge in [-0.15, -0.1) is 0 Å². The number of hydrogen-bond acceptors (Lipinski definition) is 4. The molecular formula is C20H25N3O2. The molecule has 0 bridgehead atoms. The third-order valence-electron chi connectivity index (χ3n) is 4.54. The van der Waals surface area contributed by atoms with Gasteiger partial charge in [0.2, 0.25) is 5.88 Å². The van der Waals surface area contributed by atoms with E-state index < -0.39 is 0 Å². The van der Waals surface area contributed by atoms with Gasteiger partial charge in [0.25, 0.3) is 5.91 Å². The second kappa shape index (κ2) is 8.62. The number of carbonyl (C=O) groups is 1. The van der Waals surface area contributed by atoms with E-state index in [9.17, 15) is 4.79 Å². The highest BCUT2D eigenvalue weighted by Gasteiger charge is 2.13. The van der Waals surface area contributed by atoms with Crippen molar-refractivity contribution in [3.05, 3.63) is 59.3 Å². The second-order valence-electron chi connectivity index (χ2n) is 6.40. The second-order valence-corrected chi connectivity index (χ2v) is 6.40. The van der Waals surface area contributed by atoms with Crippen LogP contribution in [-0.4, -0.2) is 36.0 Å². The molecule has 0 aliphatic carbocycles. The SMILES string of the molecule is COc1ncccc1C(=O)NCc1ccc(CN2CCCCC2)cc1. The number of pyridine rings is 1. The molecule has 0 saturated carbocycles. The van der Waals surface area contributed by atoms with Crippen LogP contribution in [0.4, 0.5) is 0 Å². The van der Waals surface area contributed by atoms with Crippen LogP contribution in [0.1, 0.15) is 40.7 Å². The van der Waals surface area contributed by atoms with Gasteiger partial charge in [-0.2, -0.15) is 0 Å². The molecule has 25 heavy (non-hydrogen) atoms. The van der Waals surface area contributed by atoms with E-state index in [1.54, 1.807) is 18.3 Å². The van der Waals surface area contributed by atoms with Crippen molar-refractivity contribution < 1.29 is 9.53 Å². The van der Waals surface area contributed by atoms with Crippen LogP contribution in [0.2, 0.25) is 0 Å². The number of nitrogens with one attached hydrogen (secondary N) is 1. The summed E-state index contributed by atoms with van der Waals surface area (Å²) < 4.78 is 5.13. The summed E-state index contributed by atoms with van der Waals surface area (Å²) in [6, 6.07) is 11.9. The number of rotatable bonds is 6. The summed E-state index contributed by atoms with van der Waals surface area (Å²) in [5, 5.41) is 2.92. The number of aromatic nitrogens is 1. The van der Waals surface area contributed by atoms with Crippen molar-refractivity contribution in [2.24, 2.45) is 0 Å². The predicted octanol–water partition coefficient (Wildman–Crippen LogP) is 3.01. The van der Waals surface area contributed by atoms with Gasteiger partial charge in [0, 0.05) is 19.3 Å². The molecule has 132 valence electrons. The Hall–Kier alpha value is -2.40. The lowest BCUT2D eigenvalue weighted by atomic mass is 10.1. The fraction of sp³-hybridized carbons (Fsp3) is 0.400. The quantitative estimate of drug-likeness (QED) is 0.879. The summed E-state index contributed by atoms with van der Waals surface area (Å²) in [5.74, 6) is 0.166. The van der Waals surface area contributed by atoms with Crippen LogP contribution in [-0.2, 0) is 13.1 Å². The van der Waals surface area contributed by atoms with Crippen LogP contribution < -0.4 is 10.1 Å². The van der Waals surface area contributed by atoms with Crippen molar-refractivity contribution in [2.45, 2.75) is 32.4 Å². The van der Waals surface area contributed by atoms with Crippen LogP contribution in [0.15, 0.2) is 42.6 Å². The minimum absolute atomic E-state index is 0.178. The van der Waals surface area contributed by atoms with Crippen molar-refractivity contribution in [1.29, 1.82) is 0 Å². The number of benzene rings is 1. The standard InChI is InChI=1S/C20H25N3O2/c1-25-20-18(6-5-11-21-20)19(24)22-14-16-7-9-17(10-8-16)15-23-12-3-2-4-13-23/h5-11H,2-4,12-15H2,1H3,(H,22,24). The van der Waals surface area contributed by atoms with Gasteiger partial charge in [0.1, 0.15) is 5.56 Å². The van der Waals surface area contributed by atoms with Crippen LogP contribution in [0, 0.1) is 0 Å². The van der Waals surface area contributed by atoms with E-state index in [2.05, 4.69) is 39.5 Å². The Balaban J connectivity index is 1.53. The van der Waals surface area contributed by atoms with E-state index in [4.69, 9.17) is 4.74 Å². The lowest BCUT2D eigenvalue weighted by molar-refractivity contribution is 0.0947. The Kier molecular flexibility index (Phi) is 6.01. The van der Waals surface area contributed by atoms with Gasteiger partial charge >= 0.3 is 0 Å². The van der Waals surface area contributed by atoms with E-state index in [1.165, 1.54) is 45.0 Å².